The number of imidazole rings is 1. The van der Waals surface area contributed by atoms with E-state index in [2.05, 4.69) is 62.5 Å². The maximum atomic E-state index is 14.7. The first kappa shape index (κ1) is 57.5. The lowest BCUT2D eigenvalue weighted by Crippen LogP contribution is -2.61. The van der Waals surface area contributed by atoms with E-state index in [9.17, 15) is 43.2 Å². The number of benzene rings is 2. The van der Waals surface area contributed by atoms with Crippen LogP contribution >= 0.6 is 0 Å². The Morgan fingerprint density at radius 3 is 2.08 bits per heavy atom. The molecule has 404 valence electrons. The van der Waals surface area contributed by atoms with Crippen molar-refractivity contribution >= 4 is 70.0 Å². The van der Waals surface area contributed by atoms with Crippen LogP contribution in [0.3, 0.4) is 0 Å². The molecule has 25 heteroatoms. The minimum atomic E-state index is -1.63. The number of para-hydroxylation sites is 1. The summed E-state index contributed by atoms with van der Waals surface area (Å²) in [6.45, 7) is 1.63. The van der Waals surface area contributed by atoms with Crippen LogP contribution in [0.1, 0.15) is 81.5 Å². The SMILES string of the molecule is CC(=O)N[C@@H](CCCN=C(N)N)C(=O)N[C@H]1CC(=O)NCCCC[C@@H](C(N)=O)NC(=O)[C@H](Cc2c[nH]c3ccccc23)NC(=O)C(CCCCN)NC(=O)[C@@H](Cc2ccccc2)NC(=O)[C@H](Cc2cnc[nH]2)NC1=O. The van der Waals surface area contributed by atoms with Crippen LogP contribution in [0.15, 0.2) is 78.3 Å². The average Bonchev–Trinajstić information content (AvgIpc) is 4.05. The molecule has 7 atom stereocenters. The van der Waals surface area contributed by atoms with E-state index >= 15 is 0 Å². The molecule has 1 fully saturated rings. The van der Waals surface area contributed by atoms with Gasteiger partial charge in [-0.3, -0.25) is 48.1 Å². The Morgan fingerprint density at radius 1 is 0.747 bits per heavy atom. The average molecular weight is 1040 g/mol. The Balaban J connectivity index is 1.53. The standard InChI is InChI=1S/C50H70N16O9/c1-29(67)60-36(18-11-21-57-50(53)54)44(70)66-41-25-42(68)56-20-10-8-16-35(43(52)69)61-47(73)39(23-31-26-58-34-15-6-5-14-33(31)34)64-45(71)37(17-7-9-19-51)62-46(72)38(22-30-12-3-2-4-13-30)63-48(74)40(65-49(41)75)24-32-27-55-28-59-32/h2-6,12-15,26-28,35-41,58H,7-11,16-25,51H2,1H3,(H2,52,69)(H,55,59)(H,56,68)(H,60,67)(H,61,73)(H,62,72)(H,63,74)(H,64,71)(H,65,75)(H,66,70)(H4,53,54,57)/t35-,36-,37?,38+,39-,40-,41-/m0/s1. The summed E-state index contributed by atoms with van der Waals surface area (Å²) in [6.07, 6.45) is 5.30. The highest BCUT2D eigenvalue weighted by atomic mass is 16.2. The number of guanidine groups is 1. The van der Waals surface area contributed by atoms with Crippen LogP contribution in [0, 0.1) is 0 Å². The first-order valence-corrected chi connectivity index (χ1v) is 25.0. The van der Waals surface area contributed by atoms with E-state index in [1.807, 2.05) is 24.3 Å². The van der Waals surface area contributed by atoms with Gasteiger partial charge in [0.05, 0.1) is 12.7 Å². The second-order valence-electron chi connectivity index (χ2n) is 18.3. The van der Waals surface area contributed by atoms with Gasteiger partial charge < -0.3 is 75.4 Å². The zero-order chi connectivity index (χ0) is 54.3. The summed E-state index contributed by atoms with van der Waals surface area (Å²) >= 11 is 0. The van der Waals surface area contributed by atoms with Crippen LogP contribution in [-0.2, 0) is 62.4 Å². The maximum Gasteiger partial charge on any atom is 0.243 e. The quantitative estimate of drug-likeness (QED) is 0.0284. The number of hydrogen-bond acceptors (Lipinski definition) is 12. The molecule has 1 unspecified atom stereocenters. The number of unbranched alkanes of at least 4 members (excludes halogenated alkanes) is 1. The molecule has 0 bridgehead atoms. The Bertz CT molecular complexity index is 2600. The third-order valence-corrected chi connectivity index (χ3v) is 12.4. The van der Waals surface area contributed by atoms with Gasteiger partial charge in [-0.05, 0) is 75.1 Å². The number of aromatic amines is 2. The molecule has 5 rings (SSSR count). The number of H-pyrrole nitrogens is 2. The molecule has 1 aliphatic heterocycles. The van der Waals surface area contributed by atoms with Crippen molar-refractivity contribution in [2.45, 2.75) is 126 Å². The Morgan fingerprint density at radius 2 is 1.40 bits per heavy atom. The van der Waals surface area contributed by atoms with Crippen molar-refractivity contribution in [2.75, 3.05) is 19.6 Å². The van der Waals surface area contributed by atoms with Crippen LogP contribution < -0.4 is 65.5 Å². The van der Waals surface area contributed by atoms with Crippen molar-refractivity contribution in [1.29, 1.82) is 0 Å². The van der Waals surface area contributed by atoms with Gasteiger partial charge in [0.1, 0.15) is 42.3 Å². The molecular formula is C50H70N16O9. The summed E-state index contributed by atoms with van der Waals surface area (Å²) < 4.78 is 0. The molecule has 1 saturated heterocycles. The van der Waals surface area contributed by atoms with Crippen molar-refractivity contribution in [1.82, 2.24) is 57.5 Å². The summed E-state index contributed by atoms with van der Waals surface area (Å²) in [5.41, 5.74) is 25.0. The number of carbonyl (C=O) groups excluding carboxylic acids is 9. The van der Waals surface area contributed by atoms with E-state index in [1.165, 1.54) is 19.4 Å². The van der Waals surface area contributed by atoms with Crippen LogP contribution in [0.5, 0.6) is 0 Å². The number of nitrogens with zero attached hydrogens (tertiary/aromatic N) is 2. The van der Waals surface area contributed by atoms with Gasteiger partial charge in [0.25, 0.3) is 0 Å². The summed E-state index contributed by atoms with van der Waals surface area (Å²) in [5, 5.41) is 22.3. The minimum absolute atomic E-state index is 0.0271. The van der Waals surface area contributed by atoms with E-state index in [1.54, 1.807) is 36.5 Å². The zero-order valence-electron chi connectivity index (χ0n) is 42.0. The van der Waals surface area contributed by atoms with E-state index < -0.39 is 102 Å². The zero-order valence-corrected chi connectivity index (χ0v) is 42.0. The van der Waals surface area contributed by atoms with Crippen molar-refractivity contribution in [2.24, 2.45) is 27.9 Å². The highest BCUT2D eigenvalue weighted by Gasteiger charge is 2.35. The Hall–Kier alpha value is -8.35. The molecule has 1 aliphatic rings. The van der Waals surface area contributed by atoms with Crippen LogP contribution in [0.4, 0.5) is 0 Å². The number of aliphatic imine (C=N–C) groups is 1. The second kappa shape index (κ2) is 29.4. The predicted octanol–water partition coefficient (Wildman–Crippen LogP) is -2.31. The predicted molar refractivity (Wildman–Crippen MR) is 277 cm³/mol. The molecule has 3 heterocycles. The number of primary amides is 1. The fraction of sp³-hybridized carbons (Fsp3) is 0.460. The number of amides is 9. The van der Waals surface area contributed by atoms with Gasteiger partial charge in [-0.15, -0.1) is 0 Å². The molecule has 4 aromatic rings. The van der Waals surface area contributed by atoms with Crippen LogP contribution in [-0.4, -0.2) is 136 Å². The molecule has 0 radical (unpaired) electrons. The lowest BCUT2D eigenvalue weighted by molar-refractivity contribution is -0.136. The highest BCUT2D eigenvalue weighted by Crippen LogP contribution is 2.20. The smallest absolute Gasteiger partial charge is 0.243 e. The van der Waals surface area contributed by atoms with E-state index in [0.717, 1.165) is 10.9 Å². The molecule has 2 aromatic carbocycles. The normalized spacial score (nSPS) is 21.2. The Labute approximate surface area is 433 Å². The van der Waals surface area contributed by atoms with Crippen molar-refractivity contribution in [3.63, 3.8) is 0 Å². The highest BCUT2D eigenvalue weighted by molar-refractivity contribution is 5.99. The van der Waals surface area contributed by atoms with Gasteiger partial charge >= 0.3 is 0 Å². The lowest BCUT2D eigenvalue weighted by atomic mass is 10.0. The Kier molecular flexibility index (Phi) is 22.5. The van der Waals surface area contributed by atoms with Gasteiger partial charge in [0.2, 0.25) is 53.2 Å². The molecular weight excluding hydrogens is 969 g/mol. The number of nitrogens with two attached hydrogens (primary N) is 4. The minimum Gasteiger partial charge on any atom is -0.370 e. The number of rotatable bonds is 18. The van der Waals surface area contributed by atoms with Crippen LogP contribution in [0.25, 0.3) is 10.9 Å². The fourth-order valence-corrected chi connectivity index (χ4v) is 8.48. The topological polar surface area (TPSA) is 411 Å². The first-order valence-electron chi connectivity index (χ1n) is 25.0. The third kappa shape index (κ3) is 18.9. The second-order valence-corrected chi connectivity index (χ2v) is 18.3. The van der Waals surface area contributed by atoms with Gasteiger partial charge in [-0.2, -0.15) is 0 Å². The summed E-state index contributed by atoms with van der Waals surface area (Å²) in [7, 11) is 0. The van der Waals surface area contributed by atoms with Crippen molar-refractivity contribution in [3.05, 3.63) is 90.1 Å². The number of aromatic nitrogens is 3. The van der Waals surface area contributed by atoms with E-state index in [0.29, 0.717) is 29.7 Å². The summed E-state index contributed by atoms with van der Waals surface area (Å²) in [5.74, 6) is -7.19. The third-order valence-electron chi connectivity index (χ3n) is 12.4. The lowest BCUT2D eigenvalue weighted by Gasteiger charge is -2.28. The molecule has 18 N–H and O–H groups in total. The van der Waals surface area contributed by atoms with E-state index in [-0.39, 0.29) is 83.4 Å². The fourth-order valence-electron chi connectivity index (χ4n) is 8.48. The molecule has 0 saturated carbocycles. The molecule has 0 aliphatic carbocycles. The molecule has 25 nitrogen and oxygen atoms in total. The number of nitrogens with one attached hydrogen (secondary N) is 10. The number of fused-ring (bicyclic) bond motifs is 1. The number of carbonyl (C=O) groups is 9. The van der Waals surface area contributed by atoms with Crippen LogP contribution in [0.2, 0.25) is 0 Å². The van der Waals surface area contributed by atoms with E-state index in [4.69, 9.17) is 22.9 Å². The monoisotopic (exact) mass is 1040 g/mol. The maximum absolute atomic E-state index is 14.7. The molecule has 9 amide bonds. The summed E-state index contributed by atoms with van der Waals surface area (Å²) in [4.78, 5) is 139. The molecule has 0 spiro atoms. The van der Waals surface area contributed by atoms with Gasteiger partial charge in [-0.1, -0.05) is 48.5 Å². The van der Waals surface area contributed by atoms with Gasteiger partial charge in [-0.25, -0.2) is 4.98 Å². The number of hydrogen-bond donors (Lipinski definition) is 14. The van der Waals surface area contributed by atoms with Gasteiger partial charge in [0.15, 0.2) is 5.96 Å². The van der Waals surface area contributed by atoms with Gasteiger partial charge in [0, 0.05) is 68.3 Å². The molecule has 75 heavy (non-hydrogen) atoms. The van der Waals surface area contributed by atoms with Crippen molar-refractivity contribution < 1.29 is 43.2 Å². The first-order chi connectivity index (χ1) is 36.0. The molecule has 2 aromatic heterocycles. The van der Waals surface area contributed by atoms with Crippen molar-refractivity contribution in [3.8, 4) is 0 Å². The summed E-state index contributed by atoms with van der Waals surface area (Å²) in [6, 6.07) is 6.66. The largest absolute Gasteiger partial charge is 0.370 e.